The van der Waals surface area contributed by atoms with E-state index in [0.717, 1.165) is 17.8 Å². The summed E-state index contributed by atoms with van der Waals surface area (Å²) >= 11 is 0. The van der Waals surface area contributed by atoms with Gasteiger partial charge in [0.05, 0.1) is 0 Å². The molecule has 3 nitrogen and oxygen atoms in total. The summed E-state index contributed by atoms with van der Waals surface area (Å²) in [5, 5.41) is 7.12. The second-order valence-electron chi connectivity index (χ2n) is 3.88. The average molecular weight is 237 g/mol. The molecule has 0 aliphatic rings. The van der Waals surface area contributed by atoms with E-state index in [9.17, 15) is 8.78 Å². The van der Waals surface area contributed by atoms with E-state index in [2.05, 4.69) is 10.4 Å². The summed E-state index contributed by atoms with van der Waals surface area (Å²) in [7, 11) is 1.82. The molecule has 0 saturated heterocycles. The Bertz CT molecular complexity index is 515. The molecule has 0 fully saturated rings. The fraction of sp³-hybridized carbons (Fsp3) is 0.250. The van der Waals surface area contributed by atoms with Crippen LogP contribution < -0.4 is 5.32 Å². The third kappa shape index (κ3) is 2.61. The monoisotopic (exact) mass is 237 g/mol. The van der Waals surface area contributed by atoms with E-state index in [0.29, 0.717) is 5.82 Å². The Morgan fingerprint density at radius 2 is 2.06 bits per heavy atom. The standard InChI is InChI=1S/C12H13F2N3/c1-8-5-12(16-17(8)2)15-7-9-6-10(13)3-4-11(9)14/h3-6H,7H2,1-2H3,(H,15,16). The number of halogens is 2. The van der Waals surface area contributed by atoms with Gasteiger partial charge in [0.1, 0.15) is 17.5 Å². The molecule has 17 heavy (non-hydrogen) atoms. The van der Waals surface area contributed by atoms with Crippen LogP contribution in [0.5, 0.6) is 0 Å². The van der Waals surface area contributed by atoms with Crippen LogP contribution in [0.3, 0.4) is 0 Å². The largest absolute Gasteiger partial charge is 0.364 e. The van der Waals surface area contributed by atoms with Gasteiger partial charge in [0, 0.05) is 30.9 Å². The van der Waals surface area contributed by atoms with Crippen LogP contribution in [-0.2, 0) is 13.6 Å². The Labute approximate surface area is 98.1 Å². The number of aryl methyl sites for hydroxylation is 2. The number of nitrogens with one attached hydrogen (secondary N) is 1. The van der Waals surface area contributed by atoms with Gasteiger partial charge < -0.3 is 5.32 Å². The van der Waals surface area contributed by atoms with E-state index < -0.39 is 11.6 Å². The van der Waals surface area contributed by atoms with Gasteiger partial charge in [0.25, 0.3) is 0 Å². The first-order valence-electron chi connectivity index (χ1n) is 5.24. The lowest BCUT2D eigenvalue weighted by Crippen LogP contribution is -2.03. The van der Waals surface area contributed by atoms with Gasteiger partial charge in [-0.15, -0.1) is 0 Å². The van der Waals surface area contributed by atoms with E-state index in [4.69, 9.17) is 0 Å². The van der Waals surface area contributed by atoms with Crippen LogP contribution >= 0.6 is 0 Å². The van der Waals surface area contributed by atoms with Crippen LogP contribution in [0.1, 0.15) is 11.3 Å². The molecule has 0 aliphatic carbocycles. The molecule has 0 bridgehead atoms. The molecule has 1 heterocycles. The van der Waals surface area contributed by atoms with Crippen molar-refractivity contribution in [2.45, 2.75) is 13.5 Å². The second kappa shape index (κ2) is 4.53. The number of hydrogen-bond acceptors (Lipinski definition) is 2. The van der Waals surface area contributed by atoms with Crippen LogP contribution in [0.15, 0.2) is 24.3 Å². The van der Waals surface area contributed by atoms with Gasteiger partial charge in [-0.05, 0) is 25.1 Å². The van der Waals surface area contributed by atoms with Crippen LogP contribution in [-0.4, -0.2) is 9.78 Å². The number of anilines is 1. The molecule has 2 aromatic rings. The number of hydrogen-bond donors (Lipinski definition) is 1. The van der Waals surface area contributed by atoms with Crippen LogP contribution in [0.25, 0.3) is 0 Å². The molecule has 90 valence electrons. The van der Waals surface area contributed by atoms with Gasteiger partial charge in [0.15, 0.2) is 0 Å². The smallest absolute Gasteiger partial charge is 0.148 e. The molecule has 0 radical (unpaired) electrons. The first kappa shape index (κ1) is 11.6. The molecule has 5 heteroatoms. The molecule has 0 spiro atoms. The Morgan fingerprint density at radius 3 is 2.71 bits per heavy atom. The molecular weight excluding hydrogens is 224 g/mol. The highest BCUT2D eigenvalue weighted by atomic mass is 19.1. The van der Waals surface area contributed by atoms with Gasteiger partial charge in [0.2, 0.25) is 0 Å². The van der Waals surface area contributed by atoms with Crippen molar-refractivity contribution in [3.63, 3.8) is 0 Å². The molecule has 1 aromatic carbocycles. The lowest BCUT2D eigenvalue weighted by Gasteiger charge is -2.04. The average Bonchev–Trinajstić information content (AvgIpc) is 2.60. The maximum atomic E-state index is 13.3. The lowest BCUT2D eigenvalue weighted by atomic mass is 10.2. The summed E-state index contributed by atoms with van der Waals surface area (Å²) in [4.78, 5) is 0. The van der Waals surface area contributed by atoms with Crippen LogP contribution in [0.2, 0.25) is 0 Å². The molecule has 1 aromatic heterocycles. The Balaban J connectivity index is 2.09. The maximum absolute atomic E-state index is 13.3. The summed E-state index contributed by atoms with van der Waals surface area (Å²) in [5.74, 6) is -0.222. The Morgan fingerprint density at radius 1 is 1.29 bits per heavy atom. The minimum Gasteiger partial charge on any atom is -0.364 e. The van der Waals surface area contributed by atoms with Gasteiger partial charge in [-0.25, -0.2) is 8.78 Å². The van der Waals surface area contributed by atoms with Crippen molar-refractivity contribution in [3.8, 4) is 0 Å². The van der Waals surface area contributed by atoms with Crippen molar-refractivity contribution >= 4 is 5.82 Å². The lowest BCUT2D eigenvalue weighted by molar-refractivity contribution is 0.587. The van der Waals surface area contributed by atoms with Crippen molar-refractivity contribution in [1.82, 2.24) is 9.78 Å². The van der Waals surface area contributed by atoms with E-state index >= 15 is 0 Å². The van der Waals surface area contributed by atoms with E-state index in [1.165, 1.54) is 6.07 Å². The second-order valence-corrected chi connectivity index (χ2v) is 3.88. The third-order valence-corrected chi connectivity index (χ3v) is 2.58. The quantitative estimate of drug-likeness (QED) is 0.889. The highest BCUT2D eigenvalue weighted by Gasteiger charge is 2.05. The molecule has 0 amide bonds. The molecule has 0 saturated carbocycles. The zero-order chi connectivity index (χ0) is 12.4. The first-order chi connectivity index (χ1) is 8.06. The topological polar surface area (TPSA) is 29.9 Å². The summed E-state index contributed by atoms with van der Waals surface area (Å²) in [5.41, 5.74) is 1.28. The predicted molar refractivity (Wildman–Crippen MR) is 61.6 cm³/mol. The molecule has 2 rings (SSSR count). The summed E-state index contributed by atoms with van der Waals surface area (Å²) in [6, 6.07) is 5.25. The molecule has 0 aliphatic heterocycles. The third-order valence-electron chi connectivity index (χ3n) is 2.58. The summed E-state index contributed by atoms with van der Waals surface area (Å²) in [6.07, 6.45) is 0. The van der Waals surface area contributed by atoms with Crippen molar-refractivity contribution in [3.05, 3.63) is 47.2 Å². The van der Waals surface area contributed by atoms with Crippen molar-refractivity contribution in [2.24, 2.45) is 7.05 Å². The van der Waals surface area contributed by atoms with Crippen LogP contribution in [0.4, 0.5) is 14.6 Å². The first-order valence-corrected chi connectivity index (χ1v) is 5.24. The van der Waals surface area contributed by atoms with Crippen molar-refractivity contribution in [1.29, 1.82) is 0 Å². The zero-order valence-corrected chi connectivity index (χ0v) is 9.67. The SMILES string of the molecule is Cc1cc(NCc2cc(F)ccc2F)nn1C. The van der Waals surface area contributed by atoms with Crippen molar-refractivity contribution in [2.75, 3.05) is 5.32 Å². The summed E-state index contributed by atoms with van der Waals surface area (Å²) in [6.45, 7) is 2.13. The fourth-order valence-corrected chi connectivity index (χ4v) is 1.51. The van der Waals surface area contributed by atoms with Gasteiger partial charge >= 0.3 is 0 Å². The fourth-order valence-electron chi connectivity index (χ4n) is 1.51. The van der Waals surface area contributed by atoms with Crippen LogP contribution in [0, 0.1) is 18.6 Å². The van der Waals surface area contributed by atoms with Gasteiger partial charge in [-0.3, -0.25) is 4.68 Å². The molecule has 0 atom stereocenters. The van der Waals surface area contributed by atoms with E-state index in [1.807, 2.05) is 20.0 Å². The minimum atomic E-state index is -0.444. The highest BCUT2D eigenvalue weighted by Crippen LogP contribution is 2.13. The maximum Gasteiger partial charge on any atom is 0.148 e. The molecule has 0 unspecified atom stereocenters. The minimum absolute atomic E-state index is 0.208. The Hall–Kier alpha value is -1.91. The van der Waals surface area contributed by atoms with E-state index in [1.54, 1.807) is 4.68 Å². The molecular formula is C12H13F2N3. The number of rotatable bonds is 3. The zero-order valence-electron chi connectivity index (χ0n) is 9.67. The molecule has 1 N–H and O–H groups in total. The number of aromatic nitrogens is 2. The predicted octanol–water partition coefficient (Wildman–Crippen LogP) is 2.62. The van der Waals surface area contributed by atoms with Gasteiger partial charge in [-0.1, -0.05) is 0 Å². The highest BCUT2D eigenvalue weighted by molar-refractivity contribution is 5.37. The van der Waals surface area contributed by atoms with Gasteiger partial charge in [-0.2, -0.15) is 5.10 Å². The Kier molecular flexibility index (Phi) is 3.08. The van der Waals surface area contributed by atoms with E-state index in [-0.39, 0.29) is 12.1 Å². The van der Waals surface area contributed by atoms with Crippen molar-refractivity contribution < 1.29 is 8.78 Å². The summed E-state index contributed by atoms with van der Waals surface area (Å²) < 4.78 is 28.0. The number of nitrogens with zero attached hydrogens (tertiary/aromatic N) is 2. The number of benzene rings is 1. The normalized spacial score (nSPS) is 10.6.